The van der Waals surface area contributed by atoms with Gasteiger partial charge in [0.1, 0.15) is 22.4 Å². The van der Waals surface area contributed by atoms with E-state index < -0.39 is 23.9 Å². The van der Waals surface area contributed by atoms with Crippen LogP contribution in [-0.4, -0.2) is 58.6 Å². The minimum absolute atomic E-state index is 0.188. The summed E-state index contributed by atoms with van der Waals surface area (Å²) in [5.74, 6) is -1.21. The fraction of sp³-hybridized carbons (Fsp3) is 0.227. The van der Waals surface area contributed by atoms with Crippen molar-refractivity contribution >= 4 is 34.9 Å². The van der Waals surface area contributed by atoms with Crippen LogP contribution >= 0.6 is 11.3 Å². The smallest absolute Gasteiger partial charge is 0.405 e. The summed E-state index contributed by atoms with van der Waals surface area (Å²) in [6.45, 7) is 3.46. The predicted molar refractivity (Wildman–Crippen MR) is 128 cm³/mol. The number of amides is 2. The molecule has 1 unspecified atom stereocenters. The molecule has 0 fully saturated rings. The van der Waals surface area contributed by atoms with Crippen LogP contribution in [0, 0.1) is 5.92 Å². The van der Waals surface area contributed by atoms with Crippen molar-refractivity contribution < 1.29 is 19.5 Å². The number of pyridine rings is 1. The van der Waals surface area contributed by atoms with E-state index in [0.29, 0.717) is 27.6 Å². The molecule has 2 amide bonds. The van der Waals surface area contributed by atoms with Gasteiger partial charge in [0.25, 0.3) is 11.8 Å². The van der Waals surface area contributed by atoms with Gasteiger partial charge in [0.05, 0.1) is 17.6 Å². The van der Waals surface area contributed by atoms with E-state index in [2.05, 4.69) is 30.8 Å². The third-order valence-corrected chi connectivity index (χ3v) is 5.88. The monoisotopic (exact) mass is 494 g/mol. The molecule has 4 aromatic rings. The highest BCUT2D eigenvalue weighted by Gasteiger charge is 2.26. The molecule has 4 rings (SSSR count). The molecule has 12 nitrogen and oxygen atoms in total. The summed E-state index contributed by atoms with van der Waals surface area (Å²) in [6, 6.07) is 4.48. The van der Waals surface area contributed by atoms with Gasteiger partial charge in [-0.05, 0) is 18.1 Å². The second-order valence-electron chi connectivity index (χ2n) is 7.96. The molecule has 0 aromatic carbocycles. The molecule has 3 N–H and O–H groups in total. The first-order chi connectivity index (χ1) is 16.7. The van der Waals surface area contributed by atoms with Gasteiger partial charge in [-0.15, -0.1) is 11.3 Å². The first-order valence-electron chi connectivity index (χ1n) is 10.5. The molecular weight excluding hydrogens is 472 g/mol. The lowest BCUT2D eigenvalue weighted by Crippen LogP contribution is -2.46. The first kappa shape index (κ1) is 23.8. The summed E-state index contributed by atoms with van der Waals surface area (Å²) in [6.07, 6.45) is 4.94. The van der Waals surface area contributed by atoms with E-state index in [-0.39, 0.29) is 11.6 Å². The molecular formula is C22H22N8O4S. The van der Waals surface area contributed by atoms with Crippen molar-refractivity contribution in [2.75, 3.05) is 5.32 Å². The molecule has 0 spiro atoms. The molecule has 0 bridgehead atoms. The minimum Gasteiger partial charge on any atom is -0.465 e. The number of nitrogens with zero attached hydrogens (tertiary/aromatic N) is 6. The maximum atomic E-state index is 12.9. The summed E-state index contributed by atoms with van der Waals surface area (Å²) in [5.41, 5.74) is 2.36. The molecule has 4 aromatic heterocycles. The lowest BCUT2D eigenvalue weighted by molar-refractivity contribution is 0.0809. The molecule has 0 radical (unpaired) electrons. The van der Waals surface area contributed by atoms with E-state index in [9.17, 15) is 14.4 Å². The van der Waals surface area contributed by atoms with Gasteiger partial charge < -0.3 is 15.7 Å². The van der Waals surface area contributed by atoms with Crippen LogP contribution < -0.4 is 10.6 Å². The molecule has 35 heavy (non-hydrogen) atoms. The standard InChI is InChI=1S/C22H22N8O4S/c1-12(2)17(27-22(33)34)21(32)30-9-13(8-24-30)20-26-16(11-35-20)19(31)25-15-10-29(3)28-18(15)14-6-4-5-7-23-14/h4-12,17,27H,1-3H3,(H,25,31)(H,33,34). The lowest BCUT2D eigenvalue weighted by atomic mass is 10.0. The highest BCUT2D eigenvalue weighted by atomic mass is 32.1. The number of carboxylic acid groups (broad SMARTS) is 1. The fourth-order valence-corrected chi connectivity index (χ4v) is 4.09. The van der Waals surface area contributed by atoms with Crippen molar-refractivity contribution in [3.05, 3.63) is 54.1 Å². The molecule has 13 heteroatoms. The fourth-order valence-electron chi connectivity index (χ4n) is 3.31. The summed E-state index contributed by atoms with van der Waals surface area (Å²) < 4.78 is 2.66. The Hall–Kier alpha value is -4.39. The number of anilines is 1. The second kappa shape index (κ2) is 9.85. The second-order valence-corrected chi connectivity index (χ2v) is 8.81. The number of nitrogens with one attached hydrogen (secondary N) is 2. The van der Waals surface area contributed by atoms with Crippen molar-refractivity contribution in [2.24, 2.45) is 13.0 Å². The predicted octanol–water partition coefficient (Wildman–Crippen LogP) is 2.99. The van der Waals surface area contributed by atoms with E-state index in [4.69, 9.17) is 5.11 Å². The molecule has 0 aliphatic carbocycles. The third kappa shape index (κ3) is 5.24. The minimum atomic E-state index is -1.29. The van der Waals surface area contributed by atoms with E-state index in [1.165, 1.54) is 23.7 Å². The van der Waals surface area contributed by atoms with Crippen LogP contribution in [0.15, 0.2) is 48.4 Å². The number of thiazole rings is 1. The Labute approximate surface area is 203 Å². The quantitative estimate of drug-likeness (QED) is 0.354. The van der Waals surface area contributed by atoms with Crippen molar-refractivity contribution in [1.82, 2.24) is 34.8 Å². The van der Waals surface area contributed by atoms with Crippen LogP contribution in [-0.2, 0) is 7.05 Å². The lowest BCUT2D eigenvalue weighted by Gasteiger charge is -2.18. The summed E-state index contributed by atoms with van der Waals surface area (Å²) >= 11 is 1.22. The zero-order chi connectivity index (χ0) is 25.1. The van der Waals surface area contributed by atoms with Crippen molar-refractivity contribution in [2.45, 2.75) is 19.9 Å². The van der Waals surface area contributed by atoms with Crippen LogP contribution in [0.25, 0.3) is 22.0 Å². The number of hydrogen-bond acceptors (Lipinski definition) is 8. The number of hydrogen-bond donors (Lipinski definition) is 3. The molecule has 1 atom stereocenters. The maximum absolute atomic E-state index is 12.9. The number of carbonyl (C=O) groups excluding carboxylic acids is 2. The summed E-state index contributed by atoms with van der Waals surface area (Å²) in [7, 11) is 1.75. The number of rotatable bonds is 7. The average Bonchev–Trinajstić information content (AvgIpc) is 3.57. The Morgan fingerprint density at radius 3 is 2.66 bits per heavy atom. The largest absolute Gasteiger partial charge is 0.465 e. The number of aryl methyl sites for hydroxylation is 1. The molecule has 0 saturated carbocycles. The Bertz CT molecular complexity index is 1380. The van der Waals surface area contributed by atoms with Crippen LogP contribution in [0.1, 0.15) is 29.1 Å². The van der Waals surface area contributed by atoms with Gasteiger partial charge in [0.15, 0.2) is 0 Å². The molecule has 0 aliphatic rings. The normalized spacial score (nSPS) is 11.9. The molecule has 0 aliphatic heterocycles. The number of carbonyl (C=O) groups is 3. The van der Waals surface area contributed by atoms with E-state index in [1.807, 2.05) is 6.07 Å². The Morgan fingerprint density at radius 2 is 1.97 bits per heavy atom. The van der Waals surface area contributed by atoms with Gasteiger partial charge in [-0.1, -0.05) is 19.9 Å². The zero-order valence-corrected chi connectivity index (χ0v) is 19.9. The van der Waals surface area contributed by atoms with Gasteiger partial charge in [-0.25, -0.2) is 14.5 Å². The average molecular weight is 495 g/mol. The van der Waals surface area contributed by atoms with Gasteiger partial charge in [-0.2, -0.15) is 10.2 Å². The summed E-state index contributed by atoms with van der Waals surface area (Å²) in [4.78, 5) is 45.3. The van der Waals surface area contributed by atoms with E-state index in [0.717, 1.165) is 4.68 Å². The Morgan fingerprint density at radius 1 is 1.17 bits per heavy atom. The van der Waals surface area contributed by atoms with E-state index in [1.54, 1.807) is 55.5 Å². The van der Waals surface area contributed by atoms with Gasteiger partial charge >= 0.3 is 6.09 Å². The third-order valence-electron chi connectivity index (χ3n) is 4.99. The highest BCUT2D eigenvalue weighted by Crippen LogP contribution is 2.27. The SMILES string of the molecule is CC(C)C(NC(=O)O)C(=O)n1cc(-c2nc(C(=O)Nc3cn(C)nc3-c3ccccn3)cs2)cn1. The van der Waals surface area contributed by atoms with Gasteiger partial charge in [-0.3, -0.25) is 19.3 Å². The molecule has 0 saturated heterocycles. The van der Waals surface area contributed by atoms with Crippen LogP contribution in [0.2, 0.25) is 0 Å². The van der Waals surface area contributed by atoms with Crippen molar-refractivity contribution in [3.63, 3.8) is 0 Å². The number of aromatic nitrogens is 6. The van der Waals surface area contributed by atoms with Crippen LogP contribution in [0.5, 0.6) is 0 Å². The molecule has 180 valence electrons. The topological polar surface area (TPSA) is 157 Å². The van der Waals surface area contributed by atoms with Gasteiger partial charge in [0, 0.05) is 36.6 Å². The molecule has 4 heterocycles. The first-order valence-corrected chi connectivity index (χ1v) is 11.4. The zero-order valence-electron chi connectivity index (χ0n) is 19.0. The Balaban J connectivity index is 1.51. The maximum Gasteiger partial charge on any atom is 0.405 e. The van der Waals surface area contributed by atoms with E-state index >= 15 is 0 Å². The van der Waals surface area contributed by atoms with Gasteiger partial charge in [0.2, 0.25) is 0 Å². The van der Waals surface area contributed by atoms with Crippen LogP contribution in [0.4, 0.5) is 10.5 Å². The van der Waals surface area contributed by atoms with Crippen molar-refractivity contribution in [1.29, 1.82) is 0 Å². The summed E-state index contributed by atoms with van der Waals surface area (Å²) in [5, 5.41) is 24.6. The highest BCUT2D eigenvalue weighted by molar-refractivity contribution is 7.13. The van der Waals surface area contributed by atoms with Crippen LogP contribution in [0.3, 0.4) is 0 Å². The van der Waals surface area contributed by atoms with Crippen molar-refractivity contribution in [3.8, 4) is 22.0 Å². The Kier molecular flexibility index (Phi) is 6.68.